The molecule has 0 aliphatic rings. The SMILES string of the molecule is CC(C)(C)c1ccnc(-n2c3[c-]c(Oc4[c-]c(-c5ccccn5)ccc4)ccc3c3cc(C(C)(C)c4ccccc4)ccc32)c1.[Pt+2]. The summed E-state index contributed by atoms with van der Waals surface area (Å²) in [5.41, 5.74) is 7.27. The second-order valence-corrected chi connectivity index (χ2v) is 13.0. The van der Waals surface area contributed by atoms with Crippen molar-refractivity contribution in [2.75, 3.05) is 0 Å². The van der Waals surface area contributed by atoms with Gasteiger partial charge in [0.2, 0.25) is 0 Å². The molecule has 3 heterocycles. The molecule has 0 fully saturated rings. The van der Waals surface area contributed by atoms with E-state index in [1.54, 1.807) is 6.20 Å². The number of hydrogen-bond donors (Lipinski definition) is 0. The third kappa shape index (κ3) is 5.90. The molecule has 7 aromatic rings. The third-order valence-corrected chi connectivity index (χ3v) is 8.64. The molecule has 4 nitrogen and oxygen atoms in total. The maximum Gasteiger partial charge on any atom is 2.00 e. The fraction of sp³-hybridized carbons (Fsp3) is 0.171. The van der Waals surface area contributed by atoms with Crippen molar-refractivity contribution in [1.82, 2.24) is 14.5 Å². The Labute approximate surface area is 285 Å². The van der Waals surface area contributed by atoms with Gasteiger partial charge in [-0.15, -0.1) is 41.3 Å². The quantitative estimate of drug-likeness (QED) is 0.158. The Balaban J connectivity index is 0.00000372. The molecule has 0 aliphatic carbocycles. The number of aromatic nitrogens is 3. The average molecular weight is 781 g/mol. The first kappa shape index (κ1) is 31.5. The third-order valence-electron chi connectivity index (χ3n) is 8.64. The van der Waals surface area contributed by atoms with E-state index in [0.29, 0.717) is 11.5 Å². The van der Waals surface area contributed by atoms with Gasteiger partial charge in [0.05, 0.1) is 0 Å². The summed E-state index contributed by atoms with van der Waals surface area (Å²) < 4.78 is 8.59. The second-order valence-electron chi connectivity index (χ2n) is 13.0. The maximum atomic E-state index is 6.38. The first-order valence-electron chi connectivity index (χ1n) is 15.3. The molecular formula is C41H35N3OPt. The summed E-state index contributed by atoms with van der Waals surface area (Å²) in [5, 5.41) is 2.25. The van der Waals surface area contributed by atoms with Gasteiger partial charge in [0.25, 0.3) is 0 Å². The molecule has 0 aliphatic heterocycles. The minimum absolute atomic E-state index is 0. The van der Waals surface area contributed by atoms with Crippen LogP contribution in [0.1, 0.15) is 51.3 Å². The summed E-state index contributed by atoms with van der Waals surface area (Å²) in [4.78, 5) is 9.33. The number of fused-ring (bicyclic) bond motifs is 3. The number of rotatable bonds is 6. The molecular weight excluding hydrogens is 746 g/mol. The smallest absolute Gasteiger partial charge is 0.503 e. The van der Waals surface area contributed by atoms with Crippen LogP contribution in [0.3, 0.4) is 0 Å². The molecule has 0 spiro atoms. The Morgan fingerprint density at radius 2 is 1.39 bits per heavy atom. The molecule has 4 aromatic carbocycles. The molecule has 0 unspecified atom stereocenters. The molecule has 7 rings (SSSR count). The predicted molar refractivity (Wildman–Crippen MR) is 183 cm³/mol. The van der Waals surface area contributed by atoms with Gasteiger partial charge in [-0.1, -0.05) is 101 Å². The predicted octanol–water partition coefficient (Wildman–Crippen LogP) is 10.3. The van der Waals surface area contributed by atoms with Gasteiger partial charge in [-0.2, -0.15) is 6.07 Å². The molecule has 230 valence electrons. The monoisotopic (exact) mass is 780 g/mol. The minimum atomic E-state index is -0.171. The van der Waals surface area contributed by atoms with Crippen molar-refractivity contribution in [3.05, 3.63) is 150 Å². The molecule has 3 aromatic heterocycles. The zero-order valence-electron chi connectivity index (χ0n) is 26.6. The van der Waals surface area contributed by atoms with Gasteiger partial charge in [0.15, 0.2) is 0 Å². The van der Waals surface area contributed by atoms with E-state index in [9.17, 15) is 0 Å². The van der Waals surface area contributed by atoms with Gasteiger partial charge in [0, 0.05) is 34.8 Å². The Kier molecular flexibility index (Phi) is 8.44. The number of pyridine rings is 2. The number of nitrogens with zero attached hydrogens (tertiary/aromatic N) is 3. The van der Waals surface area contributed by atoms with E-state index >= 15 is 0 Å². The molecule has 46 heavy (non-hydrogen) atoms. The van der Waals surface area contributed by atoms with Gasteiger partial charge < -0.3 is 14.3 Å². The van der Waals surface area contributed by atoms with E-state index in [2.05, 4.69) is 123 Å². The summed E-state index contributed by atoms with van der Waals surface area (Å²) in [6, 6.07) is 44.6. The van der Waals surface area contributed by atoms with Crippen LogP contribution >= 0.6 is 0 Å². The molecule has 0 radical (unpaired) electrons. The largest absolute Gasteiger partial charge is 2.00 e. The first-order chi connectivity index (χ1) is 21.7. The Hall–Kier alpha value is -4.53. The van der Waals surface area contributed by atoms with Crippen LogP contribution in [-0.4, -0.2) is 14.5 Å². The zero-order valence-corrected chi connectivity index (χ0v) is 28.9. The van der Waals surface area contributed by atoms with Gasteiger partial charge in [0.1, 0.15) is 5.82 Å². The normalized spacial score (nSPS) is 11.8. The van der Waals surface area contributed by atoms with E-state index < -0.39 is 0 Å². The summed E-state index contributed by atoms with van der Waals surface area (Å²) in [6.07, 6.45) is 3.69. The van der Waals surface area contributed by atoms with Crippen molar-refractivity contribution >= 4 is 21.8 Å². The Bertz CT molecular complexity index is 2140. The number of benzene rings is 4. The van der Waals surface area contributed by atoms with Gasteiger partial charge in [-0.3, -0.25) is 0 Å². The van der Waals surface area contributed by atoms with E-state index in [1.165, 1.54) is 16.7 Å². The van der Waals surface area contributed by atoms with Crippen LogP contribution in [0.4, 0.5) is 0 Å². The fourth-order valence-corrected chi connectivity index (χ4v) is 5.94. The second kappa shape index (κ2) is 12.3. The van der Waals surface area contributed by atoms with Crippen LogP contribution in [0, 0.1) is 12.1 Å². The van der Waals surface area contributed by atoms with Crippen LogP contribution < -0.4 is 4.74 Å². The van der Waals surface area contributed by atoms with Crippen molar-refractivity contribution in [3.63, 3.8) is 0 Å². The van der Waals surface area contributed by atoms with Crippen molar-refractivity contribution in [2.24, 2.45) is 0 Å². The van der Waals surface area contributed by atoms with Crippen molar-refractivity contribution < 1.29 is 25.8 Å². The van der Waals surface area contributed by atoms with Crippen molar-refractivity contribution in [3.8, 4) is 28.6 Å². The summed E-state index contributed by atoms with van der Waals surface area (Å²) >= 11 is 0. The zero-order chi connectivity index (χ0) is 31.2. The van der Waals surface area contributed by atoms with Gasteiger partial charge >= 0.3 is 21.1 Å². The summed E-state index contributed by atoms with van der Waals surface area (Å²) in [6.45, 7) is 11.2. The summed E-state index contributed by atoms with van der Waals surface area (Å²) in [5.74, 6) is 2.07. The standard InChI is InChI=1S/C41H35N3O.Pt/c1-40(2,3)30-21-23-43-39(26-30)44-37-20-17-31(41(4,5)29-13-7-6-8-14-29)25-35(37)34-19-18-33(27-38(34)44)45-32-15-11-12-28(24-32)36-16-9-10-22-42-36;/h6-23,25-26H,1-5H3;/q-2;+2. The molecule has 0 N–H and O–H groups in total. The average Bonchev–Trinajstić information content (AvgIpc) is 3.38. The maximum absolute atomic E-state index is 6.38. The van der Waals surface area contributed by atoms with E-state index in [4.69, 9.17) is 9.72 Å². The molecule has 0 saturated heterocycles. The van der Waals surface area contributed by atoms with Crippen LogP contribution in [0.25, 0.3) is 38.9 Å². The van der Waals surface area contributed by atoms with Crippen LogP contribution in [0.15, 0.2) is 122 Å². The topological polar surface area (TPSA) is 39.9 Å². The molecule has 0 saturated carbocycles. The molecule has 0 amide bonds. The summed E-state index contributed by atoms with van der Waals surface area (Å²) in [7, 11) is 0. The molecule has 5 heteroatoms. The van der Waals surface area contributed by atoms with E-state index in [-0.39, 0.29) is 31.9 Å². The number of ether oxygens (including phenoxy) is 1. The number of hydrogen-bond acceptors (Lipinski definition) is 3. The van der Waals surface area contributed by atoms with Crippen molar-refractivity contribution in [1.29, 1.82) is 0 Å². The van der Waals surface area contributed by atoms with Crippen LogP contribution in [0.2, 0.25) is 0 Å². The van der Waals surface area contributed by atoms with E-state index in [1.807, 2.05) is 48.7 Å². The van der Waals surface area contributed by atoms with Gasteiger partial charge in [-0.05, 0) is 57.5 Å². The first-order valence-corrected chi connectivity index (χ1v) is 15.3. The molecule has 0 atom stereocenters. The Morgan fingerprint density at radius 1 is 0.609 bits per heavy atom. The minimum Gasteiger partial charge on any atom is -0.503 e. The molecule has 0 bridgehead atoms. The van der Waals surface area contributed by atoms with Crippen LogP contribution in [-0.2, 0) is 31.9 Å². The van der Waals surface area contributed by atoms with E-state index in [0.717, 1.165) is 38.9 Å². The Morgan fingerprint density at radius 3 is 2.15 bits per heavy atom. The van der Waals surface area contributed by atoms with Crippen molar-refractivity contribution in [2.45, 2.75) is 45.4 Å². The van der Waals surface area contributed by atoms with Crippen LogP contribution in [0.5, 0.6) is 11.5 Å². The fourth-order valence-electron chi connectivity index (χ4n) is 5.94. The van der Waals surface area contributed by atoms with Gasteiger partial charge in [-0.25, -0.2) is 4.98 Å².